The SMILES string of the molecule is CC(=O)O[C@H]1CCCc2ccccc21. The maximum Gasteiger partial charge on any atom is 0.303 e. The van der Waals surface area contributed by atoms with Crippen LogP contribution in [0, 0.1) is 0 Å². The Morgan fingerprint density at radius 1 is 1.43 bits per heavy atom. The number of esters is 1. The van der Waals surface area contributed by atoms with E-state index in [0.29, 0.717) is 0 Å². The zero-order valence-electron chi connectivity index (χ0n) is 8.32. The van der Waals surface area contributed by atoms with E-state index in [-0.39, 0.29) is 12.1 Å². The minimum Gasteiger partial charge on any atom is -0.458 e. The van der Waals surface area contributed by atoms with Crippen LogP contribution >= 0.6 is 0 Å². The molecule has 0 unspecified atom stereocenters. The van der Waals surface area contributed by atoms with E-state index in [9.17, 15) is 4.79 Å². The Morgan fingerprint density at radius 2 is 2.21 bits per heavy atom. The van der Waals surface area contributed by atoms with Gasteiger partial charge in [-0.2, -0.15) is 0 Å². The quantitative estimate of drug-likeness (QED) is 0.636. The van der Waals surface area contributed by atoms with E-state index in [2.05, 4.69) is 12.1 Å². The zero-order chi connectivity index (χ0) is 9.97. The number of hydrogen-bond acceptors (Lipinski definition) is 2. The monoisotopic (exact) mass is 190 g/mol. The van der Waals surface area contributed by atoms with Crippen LogP contribution in [0.25, 0.3) is 0 Å². The van der Waals surface area contributed by atoms with Crippen LogP contribution in [0.1, 0.15) is 37.0 Å². The van der Waals surface area contributed by atoms with Crippen LogP contribution < -0.4 is 0 Å². The molecule has 1 aliphatic carbocycles. The van der Waals surface area contributed by atoms with Crippen molar-refractivity contribution in [2.45, 2.75) is 32.3 Å². The van der Waals surface area contributed by atoms with E-state index in [4.69, 9.17) is 4.74 Å². The van der Waals surface area contributed by atoms with Crippen molar-refractivity contribution >= 4 is 5.97 Å². The van der Waals surface area contributed by atoms with Gasteiger partial charge in [0, 0.05) is 6.92 Å². The highest BCUT2D eigenvalue weighted by atomic mass is 16.5. The first-order valence-corrected chi connectivity index (χ1v) is 5.02. The summed E-state index contributed by atoms with van der Waals surface area (Å²) in [6.07, 6.45) is 3.15. The second kappa shape index (κ2) is 3.82. The van der Waals surface area contributed by atoms with Crippen LogP contribution in [0.2, 0.25) is 0 Å². The molecule has 0 spiro atoms. The number of carbonyl (C=O) groups excluding carboxylic acids is 1. The summed E-state index contributed by atoms with van der Waals surface area (Å²) in [5.74, 6) is -0.188. The van der Waals surface area contributed by atoms with Crippen molar-refractivity contribution in [1.29, 1.82) is 0 Å². The summed E-state index contributed by atoms with van der Waals surface area (Å²) in [6, 6.07) is 8.21. The predicted molar refractivity (Wildman–Crippen MR) is 53.9 cm³/mol. The maximum atomic E-state index is 10.9. The number of aryl methyl sites for hydroxylation is 1. The first-order chi connectivity index (χ1) is 6.77. The molecule has 2 nitrogen and oxygen atoms in total. The van der Waals surface area contributed by atoms with Crippen molar-refractivity contribution in [2.24, 2.45) is 0 Å². The van der Waals surface area contributed by atoms with Gasteiger partial charge < -0.3 is 4.74 Å². The second-order valence-corrected chi connectivity index (χ2v) is 3.69. The Bertz CT molecular complexity index is 344. The summed E-state index contributed by atoms with van der Waals surface area (Å²) in [6.45, 7) is 1.47. The van der Waals surface area contributed by atoms with Gasteiger partial charge in [0.2, 0.25) is 0 Å². The van der Waals surface area contributed by atoms with Gasteiger partial charge in [0.05, 0.1) is 0 Å². The number of hydrogen-bond donors (Lipinski definition) is 0. The molecule has 2 rings (SSSR count). The molecule has 0 saturated carbocycles. The van der Waals surface area contributed by atoms with Crippen molar-refractivity contribution in [3.63, 3.8) is 0 Å². The molecule has 1 atom stereocenters. The highest BCUT2D eigenvalue weighted by molar-refractivity contribution is 5.66. The van der Waals surface area contributed by atoms with Gasteiger partial charge in [0.15, 0.2) is 0 Å². The number of rotatable bonds is 1. The fourth-order valence-corrected chi connectivity index (χ4v) is 2.03. The standard InChI is InChI=1S/C12H14O2/c1-9(13)14-12-8-4-6-10-5-2-3-7-11(10)12/h2-3,5,7,12H,4,6,8H2,1H3/t12-/m0/s1. The van der Waals surface area contributed by atoms with Crippen LogP contribution in [0.5, 0.6) is 0 Å². The molecule has 1 aromatic rings. The number of ether oxygens (including phenoxy) is 1. The van der Waals surface area contributed by atoms with Gasteiger partial charge in [-0.25, -0.2) is 0 Å². The van der Waals surface area contributed by atoms with Gasteiger partial charge in [-0.3, -0.25) is 4.79 Å². The van der Waals surface area contributed by atoms with Gasteiger partial charge in [-0.15, -0.1) is 0 Å². The minimum atomic E-state index is -0.188. The molecule has 0 heterocycles. The van der Waals surface area contributed by atoms with Gasteiger partial charge in [-0.1, -0.05) is 24.3 Å². The molecule has 0 radical (unpaired) electrons. The van der Waals surface area contributed by atoms with Gasteiger partial charge >= 0.3 is 5.97 Å². The molecule has 2 heteroatoms. The molecule has 74 valence electrons. The van der Waals surface area contributed by atoms with Crippen molar-refractivity contribution in [2.75, 3.05) is 0 Å². The fraction of sp³-hybridized carbons (Fsp3) is 0.417. The van der Waals surface area contributed by atoms with Crippen LogP contribution in [0.3, 0.4) is 0 Å². The van der Waals surface area contributed by atoms with Crippen molar-refractivity contribution in [3.8, 4) is 0 Å². The minimum absolute atomic E-state index is 0.0163. The summed E-state index contributed by atoms with van der Waals surface area (Å²) in [7, 11) is 0. The summed E-state index contributed by atoms with van der Waals surface area (Å²) >= 11 is 0. The predicted octanol–water partition coefficient (Wildman–Crippen LogP) is 2.63. The summed E-state index contributed by atoms with van der Waals surface area (Å²) in [4.78, 5) is 10.9. The summed E-state index contributed by atoms with van der Waals surface area (Å²) in [5.41, 5.74) is 2.51. The van der Waals surface area contributed by atoms with Crippen LogP contribution in [0.15, 0.2) is 24.3 Å². The molecular weight excluding hydrogens is 176 g/mol. The smallest absolute Gasteiger partial charge is 0.303 e. The van der Waals surface area contributed by atoms with E-state index in [1.165, 1.54) is 18.1 Å². The molecule has 0 aromatic heterocycles. The highest BCUT2D eigenvalue weighted by Crippen LogP contribution is 2.32. The van der Waals surface area contributed by atoms with E-state index in [1.54, 1.807) is 0 Å². The van der Waals surface area contributed by atoms with Crippen LogP contribution in [0.4, 0.5) is 0 Å². The Morgan fingerprint density at radius 3 is 3.00 bits per heavy atom. The average molecular weight is 190 g/mol. The third-order valence-corrected chi connectivity index (χ3v) is 2.62. The normalized spacial score (nSPS) is 19.9. The molecule has 0 saturated heterocycles. The number of fused-ring (bicyclic) bond motifs is 1. The number of benzene rings is 1. The Balaban J connectivity index is 2.26. The van der Waals surface area contributed by atoms with Crippen molar-refractivity contribution < 1.29 is 9.53 Å². The molecule has 0 fully saturated rings. The lowest BCUT2D eigenvalue weighted by Crippen LogP contribution is -2.14. The lowest BCUT2D eigenvalue weighted by Gasteiger charge is -2.24. The molecule has 1 aliphatic rings. The molecule has 1 aromatic carbocycles. The van der Waals surface area contributed by atoms with E-state index in [0.717, 1.165) is 19.3 Å². The Labute approximate surface area is 83.9 Å². The molecule has 0 aliphatic heterocycles. The third-order valence-electron chi connectivity index (χ3n) is 2.62. The largest absolute Gasteiger partial charge is 0.458 e. The third kappa shape index (κ3) is 1.79. The van der Waals surface area contributed by atoms with Gasteiger partial charge in [-0.05, 0) is 30.4 Å². The summed E-state index contributed by atoms with van der Waals surface area (Å²) in [5, 5.41) is 0. The van der Waals surface area contributed by atoms with Crippen molar-refractivity contribution in [3.05, 3.63) is 35.4 Å². The molecule has 0 amide bonds. The average Bonchev–Trinajstić information content (AvgIpc) is 2.18. The van der Waals surface area contributed by atoms with Crippen LogP contribution in [-0.4, -0.2) is 5.97 Å². The Hall–Kier alpha value is -1.31. The lowest BCUT2D eigenvalue weighted by atomic mass is 9.89. The molecule has 0 bridgehead atoms. The van der Waals surface area contributed by atoms with E-state index >= 15 is 0 Å². The van der Waals surface area contributed by atoms with Crippen LogP contribution in [-0.2, 0) is 16.0 Å². The highest BCUT2D eigenvalue weighted by Gasteiger charge is 2.21. The topological polar surface area (TPSA) is 26.3 Å². The van der Waals surface area contributed by atoms with Crippen molar-refractivity contribution in [1.82, 2.24) is 0 Å². The van der Waals surface area contributed by atoms with E-state index < -0.39 is 0 Å². The maximum absolute atomic E-state index is 10.9. The van der Waals surface area contributed by atoms with Gasteiger partial charge in [0.25, 0.3) is 0 Å². The molecule has 0 N–H and O–H groups in total. The van der Waals surface area contributed by atoms with Gasteiger partial charge in [0.1, 0.15) is 6.10 Å². The van der Waals surface area contributed by atoms with E-state index in [1.807, 2.05) is 12.1 Å². The summed E-state index contributed by atoms with van der Waals surface area (Å²) < 4.78 is 5.28. The first-order valence-electron chi connectivity index (χ1n) is 5.02. The zero-order valence-corrected chi connectivity index (χ0v) is 8.32. The fourth-order valence-electron chi connectivity index (χ4n) is 2.03. The molecular formula is C12H14O2. The first kappa shape index (κ1) is 9.25. The Kier molecular flexibility index (Phi) is 2.53. The number of carbonyl (C=O) groups is 1. The molecule has 14 heavy (non-hydrogen) atoms. The second-order valence-electron chi connectivity index (χ2n) is 3.69. The lowest BCUT2D eigenvalue weighted by molar-refractivity contribution is -0.147.